The number of fused-ring (bicyclic) bond motifs is 1. The van der Waals surface area contributed by atoms with Crippen molar-refractivity contribution in [1.29, 1.82) is 0 Å². The van der Waals surface area contributed by atoms with Crippen molar-refractivity contribution in [3.8, 4) is 0 Å². The van der Waals surface area contributed by atoms with Crippen LogP contribution < -0.4 is 5.32 Å². The molecule has 1 fully saturated rings. The van der Waals surface area contributed by atoms with Crippen molar-refractivity contribution in [3.05, 3.63) is 35.3 Å². The van der Waals surface area contributed by atoms with Gasteiger partial charge in [0.05, 0.1) is 11.7 Å². The number of thiazole rings is 1. The van der Waals surface area contributed by atoms with Gasteiger partial charge in [-0.1, -0.05) is 0 Å². The van der Waals surface area contributed by atoms with E-state index < -0.39 is 0 Å². The van der Waals surface area contributed by atoms with E-state index >= 15 is 0 Å². The fourth-order valence-corrected chi connectivity index (χ4v) is 3.98. The zero-order valence-electron chi connectivity index (χ0n) is 13.2. The number of rotatable bonds is 3. The molecule has 2 amide bonds. The predicted octanol–water partition coefficient (Wildman–Crippen LogP) is 2.64. The highest BCUT2D eigenvalue weighted by Crippen LogP contribution is 2.22. The molecule has 0 atom stereocenters. The van der Waals surface area contributed by atoms with Crippen molar-refractivity contribution in [2.45, 2.75) is 12.8 Å². The van der Waals surface area contributed by atoms with Crippen molar-refractivity contribution in [2.75, 3.05) is 18.4 Å². The Hall–Kier alpha value is -2.39. The minimum atomic E-state index is -0.0850. The topological polar surface area (TPSA) is 88.1 Å². The molecule has 1 aromatic carbocycles. The third-order valence-electron chi connectivity index (χ3n) is 4.32. The van der Waals surface area contributed by atoms with Crippen LogP contribution in [0.4, 0.5) is 5.13 Å². The molecule has 3 heterocycles. The summed E-state index contributed by atoms with van der Waals surface area (Å²) in [4.78, 5) is 30.8. The second-order valence-corrected chi connectivity index (χ2v) is 7.28. The number of likely N-dealkylation sites (tertiary alicyclic amines) is 1. The average Bonchev–Trinajstić information content (AvgIpc) is 3.32. The van der Waals surface area contributed by atoms with Crippen LogP contribution in [-0.4, -0.2) is 43.5 Å². The minimum absolute atomic E-state index is 0.0167. The van der Waals surface area contributed by atoms with Crippen LogP contribution in [0, 0.1) is 5.92 Å². The maximum Gasteiger partial charge on any atom is 0.253 e. The molecule has 0 bridgehead atoms. The Balaban J connectivity index is 1.37. The Labute approximate surface area is 152 Å². The van der Waals surface area contributed by atoms with Crippen molar-refractivity contribution in [2.24, 2.45) is 5.92 Å². The van der Waals surface area contributed by atoms with E-state index in [9.17, 15) is 9.59 Å². The molecule has 4 rings (SSSR count). The van der Waals surface area contributed by atoms with E-state index in [2.05, 4.69) is 19.0 Å². The average molecular weight is 373 g/mol. The first-order chi connectivity index (χ1) is 12.2. The highest BCUT2D eigenvalue weighted by Gasteiger charge is 2.28. The molecule has 25 heavy (non-hydrogen) atoms. The first-order valence-corrected chi connectivity index (χ1v) is 9.53. The van der Waals surface area contributed by atoms with E-state index in [4.69, 9.17) is 0 Å². The predicted molar refractivity (Wildman–Crippen MR) is 96.8 cm³/mol. The van der Waals surface area contributed by atoms with E-state index in [1.165, 1.54) is 11.3 Å². The van der Waals surface area contributed by atoms with E-state index in [1.807, 2.05) is 11.4 Å². The van der Waals surface area contributed by atoms with Gasteiger partial charge < -0.3 is 10.2 Å². The molecule has 1 aliphatic rings. The van der Waals surface area contributed by atoms with Crippen LogP contribution in [0.25, 0.3) is 11.0 Å². The second-order valence-electron chi connectivity index (χ2n) is 5.86. The molecule has 1 saturated heterocycles. The molecule has 0 aliphatic carbocycles. The number of hydrogen-bond donors (Lipinski definition) is 1. The SMILES string of the molecule is O=C(Nc1nccs1)C1CCN(C(=O)c2ccc3nsnc3c2)CC1. The van der Waals surface area contributed by atoms with Crippen LogP contribution in [0.5, 0.6) is 0 Å². The molecule has 0 unspecified atom stereocenters. The van der Waals surface area contributed by atoms with Crippen LogP contribution in [0.1, 0.15) is 23.2 Å². The lowest BCUT2D eigenvalue weighted by atomic mass is 9.95. The Morgan fingerprint density at radius 3 is 2.72 bits per heavy atom. The zero-order chi connectivity index (χ0) is 17.2. The number of anilines is 1. The van der Waals surface area contributed by atoms with Crippen molar-refractivity contribution >= 4 is 51.0 Å². The highest BCUT2D eigenvalue weighted by molar-refractivity contribution is 7.13. The first-order valence-electron chi connectivity index (χ1n) is 7.92. The standard InChI is InChI=1S/C16H15N5O2S2/c22-14(18-16-17-5-8-24-16)10-3-6-21(7-4-10)15(23)11-1-2-12-13(9-11)20-25-19-12/h1-2,5,8-10H,3-4,6-7H2,(H,17,18,22). The third-order valence-corrected chi connectivity index (χ3v) is 5.56. The van der Waals surface area contributed by atoms with Gasteiger partial charge in [0.25, 0.3) is 5.91 Å². The maximum atomic E-state index is 12.7. The monoisotopic (exact) mass is 373 g/mol. The fourth-order valence-electron chi connectivity index (χ4n) is 2.94. The summed E-state index contributed by atoms with van der Waals surface area (Å²) >= 11 is 2.54. The molecule has 7 nitrogen and oxygen atoms in total. The van der Waals surface area contributed by atoms with Gasteiger partial charge in [-0.3, -0.25) is 9.59 Å². The van der Waals surface area contributed by atoms with Gasteiger partial charge in [-0.2, -0.15) is 8.75 Å². The van der Waals surface area contributed by atoms with Gasteiger partial charge in [0.15, 0.2) is 5.13 Å². The van der Waals surface area contributed by atoms with Crippen LogP contribution >= 0.6 is 23.1 Å². The molecule has 1 aliphatic heterocycles. The highest BCUT2D eigenvalue weighted by atomic mass is 32.1. The van der Waals surface area contributed by atoms with E-state index in [0.717, 1.165) is 22.8 Å². The number of carbonyl (C=O) groups is 2. The Kier molecular flexibility index (Phi) is 4.41. The molecule has 0 saturated carbocycles. The number of amides is 2. The second kappa shape index (κ2) is 6.85. The summed E-state index contributed by atoms with van der Waals surface area (Å²) in [5.41, 5.74) is 2.17. The molecule has 128 valence electrons. The lowest BCUT2D eigenvalue weighted by molar-refractivity contribution is -0.121. The van der Waals surface area contributed by atoms with E-state index in [0.29, 0.717) is 36.6 Å². The fraction of sp³-hybridized carbons (Fsp3) is 0.312. The molecule has 0 radical (unpaired) electrons. The molecular weight excluding hydrogens is 358 g/mol. The lowest BCUT2D eigenvalue weighted by Crippen LogP contribution is -2.41. The number of carbonyl (C=O) groups excluding carboxylic acids is 2. The number of nitrogens with zero attached hydrogens (tertiary/aromatic N) is 4. The summed E-state index contributed by atoms with van der Waals surface area (Å²) in [6.45, 7) is 1.14. The lowest BCUT2D eigenvalue weighted by Gasteiger charge is -2.31. The Bertz CT molecular complexity index is 900. The summed E-state index contributed by atoms with van der Waals surface area (Å²) in [5.74, 6) is -0.121. The minimum Gasteiger partial charge on any atom is -0.339 e. The van der Waals surface area contributed by atoms with Crippen molar-refractivity contribution < 1.29 is 9.59 Å². The first kappa shape index (κ1) is 16.1. The number of hydrogen-bond acceptors (Lipinski definition) is 7. The number of aromatic nitrogens is 3. The summed E-state index contributed by atoms with van der Waals surface area (Å²) in [6, 6.07) is 5.38. The summed E-state index contributed by atoms with van der Waals surface area (Å²) < 4.78 is 8.33. The Morgan fingerprint density at radius 2 is 1.96 bits per heavy atom. The normalized spacial score (nSPS) is 15.4. The molecule has 2 aromatic heterocycles. The van der Waals surface area contributed by atoms with Gasteiger partial charge in [0.2, 0.25) is 5.91 Å². The smallest absolute Gasteiger partial charge is 0.253 e. The van der Waals surface area contributed by atoms with Crippen LogP contribution in [0.15, 0.2) is 29.8 Å². The van der Waals surface area contributed by atoms with E-state index in [-0.39, 0.29) is 17.7 Å². The molecule has 1 N–H and O–H groups in total. The molecule has 9 heteroatoms. The zero-order valence-corrected chi connectivity index (χ0v) is 14.8. The van der Waals surface area contributed by atoms with E-state index in [1.54, 1.807) is 23.2 Å². The van der Waals surface area contributed by atoms with Crippen LogP contribution in [0.3, 0.4) is 0 Å². The molecule has 3 aromatic rings. The summed E-state index contributed by atoms with van der Waals surface area (Å²) in [5, 5.41) is 5.28. The number of benzene rings is 1. The third kappa shape index (κ3) is 3.38. The summed E-state index contributed by atoms with van der Waals surface area (Å²) in [6.07, 6.45) is 2.98. The number of piperidine rings is 1. The Morgan fingerprint density at radius 1 is 1.16 bits per heavy atom. The van der Waals surface area contributed by atoms with Crippen LogP contribution in [-0.2, 0) is 4.79 Å². The molecule has 0 spiro atoms. The van der Waals surface area contributed by atoms with Gasteiger partial charge in [-0.05, 0) is 31.0 Å². The maximum absolute atomic E-state index is 12.7. The van der Waals surface area contributed by atoms with Gasteiger partial charge in [-0.25, -0.2) is 4.98 Å². The van der Waals surface area contributed by atoms with Gasteiger partial charge in [-0.15, -0.1) is 11.3 Å². The largest absolute Gasteiger partial charge is 0.339 e. The van der Waals surface area contributed by atoms with Gasteiger partial charge in [0.1, 0.15) is 11.0 Å². The quantitative estimate of drug-likeness (QED) is 0.762. The van der Waals surface area contributed by atoms with Gasteiger partial charge >= 0.3 is 0 Å². The van der Waals surface area contributed by atoms with Gasteiger partial charge in [0, 0.05) is 36.1 Å². The van der Waals surface area contributed by atoms with Crippen LogP contribution in [0.2, 0.25) is 0 Å². The number of nitrogens with one attached hydrogen (secondary N) is 1. The van der Waals surface area contributed by atoms with Crippen molar-refractivity contribution in [1.82, 2.24) is 18.6 Å². The summed E-state index contributed by atoms with van der Waals surface area (Å²) in [7, 11) is 0. The van der Waals surface area contributed by atoms with Crippen molar-refractivity contribution in [3.63, 3.8) is 0 Å². The molecular formula is C16H15N5O2S2.